The highest BCUT2D eigenvalue weighted by Crippen LogP contribution is 2.25. The molecule has 0 amide bonds. The van der Waals surface area contributed by atoms with Gasteiger partial charge < -0.3 is 10.4 Å². The van der Waals surface area contributed by atoms with Gasteiger partial charge >= 0.3 is 0 Å². The van der Waals surface area contributed by atoms with Crippen LogP contribution in [0.4, 0.5) is 5.69 Å². The van der Waals surface area contributed by atoms with Crippen LogP contribution < -0.4 is 5.32 Å². The van der Waals surface area contributed by atoms with Gasteiger partial charge in [0.05, 0.1) is 5.69 Å². The summed E-state index contributed by atoms with van der Waals surface area (Å²) in [6.45, 7) is 0.732. The van der Waals surface area contributed by atoms with E-state index in [1.807, 2.05) is 24.4 Å². The van der Waals surface area contributed by atoms with E-state index in [9.17, 15) is 5.11 Å². The normalized spacial score (nSPS) is 10.7. The van der Waals surface area contributed by atoms with Crippen molar-refractivity contribution in [3.8, 4) is 16.9 Å². The van der Waals surface area contributed by atoms with E-state index in [0.29, 0.717) is 0 Å². The van der Waals surface area contributed by atoms with Gasteiger partial charge in [0, 0.05) is 24.5 Å². The second-order valence-electron chi connectivity index (χ2n) is 6.05. The molecular formula is C22H18N2O. The molecule has 25 heavy (non-hydrogen) atoms. The summed E-state index contributed by atoms with van der Waals surface area (Å²) in [5.74, 6) is 0.257. The molecule has 0 aliphatic carbocycles. The smallest absolute Gasteiger partial charge is 0.116 e. The third-order valence-electron chi connectivity index (χ3n) is 4.23. The molecule has 3 heteroatoms. The Hall–Kier alpha value is -3.33. The number of benzene rings is 3. The van der Waals surface area contributed by atoms with Gasteiger partial charge in [-0.2, -0.15) is 0 Å². The van der Waals surface area contributed by atoms with Crippen molar-refractivity contribution in [3.05, 3.63) is 90.8 Å². The number of hydrogen-bond acceptors (Lipinski definition) is 3. The lowest BCUT2D eigenvalue weighted by Crippen LogP contribution is -2.00. The van der Waals surface area contributed by atoms with Crippen LogP contribution in [0, 0.1) is 0 Å². The molecule has 1 aromatic heterocycles. The average molecular weight is 326 g/mol. The molecule has 0 unspecified atom stereocenters. The Balaban J connectivity index is 1.53. The zero-order valence-corrected chi connectivity index (χ0v) is 13.7. The predicted molar refractivity (Wildman–Crippen MR) is 103 cm³/mol. The number of phenolic OH excluding ortho intramolecular Hbond substituents is 1. The molecule has 1 heterocycles. The first-order valence-corrected chi connectivity index (χ1v) is 8.24. The van der Waals surface area contributed by atoms with Crippen molar-refractivity contribution in [1.29, 1.82) is 0 Å². The summed E-state index contributed by atoms with van der Waals surface area (Å²) in [7, 11) is 0. The van der Waals surface area contributed by atoms with Crippen molar-refractivity contribution in [2.75, 3.05) is 5.32 Å². The van der Waals surface area contributed by atoms with Crippen molar-refractivity contribution in [2.45, 2.75) is 6.54 Å². The van der Waals surface area contributed by atoms with E-state index in [1.165, 1.54) is 16.3 Å². The Morgan fingerprint density at radius 2 is 1.64 bits per heavy atom. The number of rotatable bonds is 4. The maximum absolute atomic E-state index is 9.65. The first-order valence-electron chi connectivity index (χ1n) is 8.24. The number of nitrogens with zero attached hydrogens (tertiary/aromatic N) is 1. The zero-order chi connectivity index (χ0) is 17.1. The van der Waals surface area contributed by atoms with E-state index >= 15 is 0 Å². The molecule has 0 spiro atoms. The molecule has 0 atom stereocenters. The Morgan fingerprint density at radius 1 is 0.760 bits per heavy atom. The summed E-state index contributed by atoms with van der Waals surface area (Å²) in [6.07, 6.45) is 3.61. The molecular weight excluding hydrogens is 308 g/mol. The second-order valence-corrected chi connectivity index (χ2v) is 6.05. The maximum atomic E-state index is 9.65. The highest BCUT2D eigenvalue weighted by Gasteiger charge is 2.02. The lowest BCUT2D eigenvalue weighted by molar-refractivity contribution is 0.475. The Kier molecular flexibility index (Phi) is 4.05. The zero-order valence-electron chi connectivity index (χ0n) is 13.7. The van der Waals surface area contributed by atoms with Gasteiger partial charge in [-0.3, -0.25) is 4.98 Å². The van der Waals surface area contributed by atoms with Crippen molar-refractivity contribution >= 4 is 16.5 Å². The molecule has 0 saturated heterocycles. The lowest BCUT2D eigenvalue weighted by atomic mass is 10.1. The van der Waals surface area contributed by atoms with E-state index in [1.54, 1.807) is 18.3 Å². The summed E-state index contributed by atoms with van der Waals surface area (Å²) < 4.78 is 0. The Bertz CT molecular complexity index is 1030. The molecule has 4 aromatic rings. The molecule has 0 bridgehead atoms. The molecule has 0 saturated carbocycles. The molecule has 4 rings (SSSR count). The topological polar surface area (TPSA) is 45.2 Å². The van der Waals surface area contributed by atoms with Crippen LogP contribution in [-0.2, 0) is 6.54 Å². The summed E-state index contributed by atoms with van der Waals surface area (Å²) in [6, 6.07) is 24.1. The van der Waals surface area contributed by atoms with Crippen molar-refractivity contribution in [2.24, 2.45) is 0 Å². The number of aromatic nitrogens is 1. The largest absolute Gasteiger partial charge is 0.508 e. The van der Waals surface area contributed by atoms with Crippen molar-refractivity contribution < 1.29 is 5.11 Å². The van der Waals surface area contributed by atoms with E-state index in [2.05, 4.69) is 52.8 Å². The molecule has 0 radical (unpaired) electrons. The molecule has 122 valence electrons. The molecule has 3 aromatic carbocycles. The standard InChI is InChI=1S/C22H18N2O/c25-22-7-3-6-19(12-22)20-11-21(15-23-14-20)24-13-16-8-9-17-4-1-2-5-18(17)10-16/h1-12,14-15,24-25H,13H2. The van der Waals surface area contributed by atoms with Gasteiger partial charge in [-0.05, 0) is 46.2 Å². The highest BCUT2D eigenvalue weighted by molar-refractivity contribution is 5.83. The number of pyridine rings is 1. The van der Waals surface area contributed by atoms with Gasteiger partial charge in [-0.25, -0.2) is 0 Å². The van der Waals surface area contributed by atoms with Gasteiger partial charge in [0.25, 0.3) is 0 Å². The van der Waals surface area contributed by atoms with Gasteiger partial charge in [-0.1, -0.05) is 48.5 Å². The van der Waals surface area contributed by atoms with Gasteiger partial charge in [-0.15, -0.1) is 0 Å². The maximum Gasteiger partial charge on any atom is 0.116 e. The van der Waals surface area contributed by atoms with Crippen LogP contribution in [0.1, 0.15) is 5.56 Å². The number of nitrogens with one attached hydrogen (secondary N) is 1. The quantitative estimate of drug-likeness (QED) is 0.540. The van der Waals surface area contributed by atoms with E-state index < -0.39 is 0 Å². The van der Waals surface area contributed by atoms with E-state index in [4.69, 9.17) is 0 Å². The number of phenols is 1. The molecule has 3 nitrogen and oxygen atoms in total. The summed E-state index contributed by atoms with van der Waals surface area (Å²) in [4.78, 5) is 4.31. The van der Waals surface area contributed by atoms with Crippen LogP contribution in [0.5, 0.6) is 5.75 Å². The fraction of sp³-hybridized carbons (Fsp3) is 0.0455. The molecule has 0 aliphatic heterocycles. The number of fused-ring (bicyclic) bond motifs is 1. The van der Waals surface area contributed by atoms with Crippen LogP contribution in [0.2, 0.25) is 0 Å². The van der Waals surface area contributed by atoms with Crippen LogP contribution >= 0.6 is 0 Å². The molecule has 0 aliphatic rings. The van der Waals surface area contributed by atoms with Crippen molar-refractivity contribution in [3.63, 3.8) is 0 Å². The fourth-order valence-electron chi connectivity index (χ4n) is 2.93. The number of hydrogen-bond donors (Lipinski definition) is 2. The summed E-state index contributed by atoms with van der Waals surface area (Å²) >= 11 is 0. The minimum atomic E-state index is 0.257. The third kappa shape index (κ3) is 3.45. The minimum absolute atomic E-state index is 0.257. The van der Waals surface area contributed by atoms with Crippen molar-refractivity contribution in [1.82, 2.24) is 4.98 Å². The fourth-order valence-corrected chi connectivity index (χ4v) is 2.93. The minimum Gasteiger partial charge on any atom is -0.508 e. The molecule has 0 fully saturated rings. The van der Waals surface area contributed by atoms with Crippen LogP contribution in [0.25, 0.3) is 21.9 Å². The highest BCUT2D eigenvalue weighted by atomic mass is 16.3. The van der Waals surface area contributed by atoms with Crippen LogP contribution in [0.15, 0.2) is 85.2 Å². The predicted octanol–water partition coefficient (Wildman–Crippen LogP) is 5.22. The average Bonchev–Trinajstić information content (AvgIpc) is 2.66. The monoisotopic (exact) mass is 326 g/mol. The SMILES string of the molecule is Oc1cccc(-c2cncc(NCc3ccc4ccccc4c3)c2)c1. The number of aromatic hydroxyl groups is 1. The summed E-state index contributed by atoms with van der Waals surface area (Å²) in [5.41, 5.74) is 4.09. The third-order valence-corrected chi connectivity index (χ3v) is 4.23. The first-order chi connectivity index (χ1) is 12.3. The van der Waals surface area contributed by atoms with Gasteiger partial charge in [0.1, 0.15) is 5.75 Å². The van der Waals surface area contributed by atoms with Gasteiger partial charge in [0.2, 0.25) is 0 Å². The van der Waals surface area contributed by atoms with Crippen LogP contribution in [-0.4, -0.2) is 10.1 Å². The first kappa shape index (κ1) is 15.2. The van der Waals surface area contributed by atoms with Crippen LogP contribution in [0.3, 0.4) is 0 Å². The Morgan fingerprint density at radius 3 is 2.52 bits per heavy atom. The number of anilines is 1. The van der Waals surface area contributed by atoms with E-state index in [0.717, 1.165) is 23.4 Å². The van der Waals surface area contributed by atoms with Gasteiger partial charge in [0.15, 0.2) is 0 Å². The lowest BCUT2D eigenvalue weighted by Gasteiger charge is -2.09. The van der Waals surface area contributed by atoms with E-state index in [-0.39, 0.29) is 5.75 Å². The Labute approximate surface area is 146 Å². The second kappa shape index (κ2) is 6.65. The molecule has 2 N–H and O–H groups in total. The summed E-state index contributed by atoms with van der Waals surface area (Å²) in [5, 5.41) is 15.6.